The second-order valence-corrected chi connectivity index (χ2v) is 10.3. The van der Waals surface area contributed by atoms with Crippen molar-refractivity contribution in [3.63, 3.8) is 0 Å². The SMILES string of the molecule is C=C1C[C@H]2[C@@H]3CC(F)C4(O)CC(O)CC[C@]4(C)[C@H]3CC[C@]2(C)[C@@]1(O)C(=O)CF. The van der Waals surface area contributed by atoms with Crippen molar-refractivity contribution in [1.29, 1.82) is 0 Å². The van der Waals surface area contributed by atoms with Crippen LogP contribution in [0.4, 0.5) is 8.78 Å². The molecule has 9 atom stereocenters. The molecule has 4 aliphatic rings. The number of hydrogen-bond donors (Lipinski definition) is 3. The van der Waals surface area contributed by atoms with E-state index in [1.54, 1.807) is 0 Å². The highest BCUT2D eigenvalue weighted by Crippen LogP contribution is 2.70. The van der Waals surface area contributed by atoms with Gasteiger partial charge in [0.15, 0.2) is 18.1 Å². The van der Waals surface area contributed by atoms with Crippen molar-refractivity contribution >= 4 is 5.78 Å². The van der Waals surface area contributed by atoms with Crippen LogP contribution in [0.2, 0.25) is 0 Å². The molecule has 6 heteroatoms. The van der Waals surface area contributed by atoms with Crippen LogP contribution in [0.1, 0.15) is 58.8 Å². The second-order valence-electron chi connectivity index (χ2n) is 10.3. The molecule has 0 heterocycles. The summed E-state index contributed by atoms with van der Waals surface area (Å²) in [4.78, 5) is 12.4. The fourth-order valence-electron chi connectivity index (χ4n) is 7.79. The Morgan fingerprint density at radius 2 is 1.82 bits per heavy atom. The zero-order valence-corrected chi connectivity index (χ0v) is 16.8. The number of ketones is 1. The number of halogens is 2. The Bertz CT molecular complexity index is 713. The average molecular weight is 398 g/mol. The standard InChI is InChI=1S/C22H32F2O4/c1-12-8-16-14-9-17(24)21(27)10-13(25)4-6-19(21,2)15(14)5-7-20(16,3)22(12,28)18(26)11-23/h13-17,25,27-28H,1,4-11H2,2-3H3/t13?,14-,15+,16+,17?,19-,20+,21?,22+/m1/s1. The molecule has 4 saturated carbocycles. The number of rotatable bonds is 2. The highest BCUT2D eigenvalue weighted by atomic mass is 19.1. The molecule has 0 aromatic heterocycles. The molecule has 4 rings (SSSR count). The van der Waals surface area contributed by atoms with Gasteiger partial charge in [0.1, 0.15) is 11.8 Å². The van der Waals surface area contributed by atoms with Gasteiger partial charge in [0.2, 0.25) is 0 Å². The first kappa shape index (κ1) is 20.4. The number of Topliss-reactive ketones (excluding diaryl/α,β-unsaturated/α-hetero) is 1. The number of alkyl halides is 2. The summed E-state index contributed by atoms with van der Waals surface area (Å²) < 4.78 is 28.7. The molecule has 0 radical (unpaired) electrons. The van der Waals surface area contributed by atoms with Crippen molar-refractivity contribution in [3.05, 3.63) is 12.2 Å². The largest absolute Gasteiger partial charge is 0.393 e. The van der Waals surface area contributed by atoms with Crippen LogP contribution < -0.4 is 0 Å². The second kappa shape index (κ2) is 6.08. The lowest BCUT2D eigenvalue weighted by Crippen LogP contribution is -2.68. The Kier molecular flexibility index (Phi) is 4.44. The maximum Gasteiger partial charge on any atom is 0.199 e. The Labute approximate surface area is 165 Å². The number of aliphatic hydroxyl groups is 3. The van der Waals surface area contributed by atoms with E-state index in [-0.39, 0.29) is 30.6 Å². The Morgan fingerprint density at radius 1 is 1.18 bits per heavy atom. The fourth-order valence-corrected chi connectivity index (χ4v) is 7.79. The Hall–Kier alpha value is -0.850. The first-order chi connectivity index (χ1) is 13.0. The summed E-state index contributed by atoms with van der Waals surface area (Å²) in [6.45, 7) is 6.43. The number of carbonyl (C=O) groups excluding carboxylic acids is 1. The molecule has 4 aliphatic carbocycles. The molecular formula is C22H32F2O4. The summed E-state index contributed by atoms with van der Waals surface area (Å²) >= 11 is 0. The highest BCUT2D eigenvalue weighted by molar-refractivity contribution is 5.93. The van der Waals surface area contributed by atoms with Crippen LogP contribution in [0, 0.1) is 28.6 Å². The minimum Gasteiger partial charge on any atom is -0.393 e. The van der Waals surface area contributed by atoms with E-state index in [0.29, 0.717) is 37.7 Å². The van der Waals surface area contributed by atoms with Crippen molar-refractivity contribution in [2.24, 2.45) is 28.6 Å². The topological polar surface area (TPSA) is 77.8 Å². The zero-order valence-electron chi connectivity index (χ0n) is 16.8. The first-order valence-corrected chi connectivity index (χ1v) is 10.5. The van der Waals surface area contributed by atoms with Crippen LogP contribution in [-0.2, 0) is 4.79 Å². The van der Waals surface area contributed by atoms with Crippen molar-refractivity contribution in [2.75, 3.05) is 6.67 Å². The summed E-state index contributed by atoms with van der Waals surface area (Å²) in [6.07, 6.45) is 0.612. The van der Waals surface area contributed by atoms with E-state index < -0.39 is 46.8 Å². The van der Waals surface area contributed by atoms with Crippen molar-refractivity contribution in [1.82, 2.24) is 0 Å². The Morgan fingerprint density at radius 3 is 2.46 bits per heavy atom. The lowest BCUT2D eigenvalue weighted by atomic mass is 9.42. The predicted molar refractivity (Wildman–Crippen MR) is 99.9 cm³/mol. The lowest BCUT2D eigenvalue weighted by molar-refractivity contribution is -0.253. The monoisotopic (exact) mass is 398 g/mol. The van der Waals surface area contributed by atoms with Gasteiger partial charge in [-0.2, -0.15) is 0 Å². The molecule has 3 unspecified atom stereocenters. The third kappa shape index (κ3) is 2.17. The van der Waals surface area contributed by atoms with E-state index in [0.717, 1.165) is 0 Å². The van der Waals surface area contributed by atoms with Gasteiger partial charge in [-0.25, -0.2) is 8.78 Å². The maximum atomic E-state index is 15.4. The van der Waals surface area contributed by atoms with E-state index in [2.05, 4.69) is 6.58 Å². The molecule has 0 bridgehead atoms. The first-order valence-electron chi connectivity index (χ1n) is 10.5. The zero-order chi connectivity index (χ0) is 20.7. The molecule has 4 fully saturated rings. The van der Waals surface area contributed by atoms with Crippen LogP contribution in [0.25, 0.3) is 0 Å². The summed E-state index contributed by atoms with van der Waals surface area (Å²) in [6, 6.07) is 0. The van der Waals surface area contributed by atoms with Gasteiger partial charge in [-0.15, -0.1) is 0 Å². The third-order valence-corrected chi connectivity index (χ3v) is 9.50. The van der Waals surface area contributed by atoms with Gasteiger partial charge in [-0.1, -0.05) is 20.4 Å². The van der Waals surface area contributed by atoms with Gasteiger partial charge in [-0.3, -0.25) is 4.79 Å². The van der Waals surface area contributed by atoms with E-state index in [4.69, 9.17) is 0 Å². The van der Waals surface area contributed by atoms with Gasteiger partial charge in [0, 0.05) is 17.3 Å². The molecule has 0 spiro atoms. The molecule has 3 N–H and O–H groups in total. The van der Waals surface area contributed by atoms with Crippen molar-refractivity contribution < 1.29 is 28.9 Å². The van der Waals surface area contributed by atoms with Crippen molar-refractivity contribution in [3.8, 4) is 0 Å². The molecule has 28 heavy (non-hydrogen) atoms. The minimum absolute atomic E-state index is 0.0331. The van der Waals surface area contributed by atoms with Gasteiger partial charge in [0.25, 0.3) is 0 Å². The summed E-state index contributed by atoms with van der Waals surface area (Å²) in [5, 5.41) is 32.6. The third-order valence-electron chi connectivity index (χ3n) is 9.50. The lowest BCUT2D eigenvalue weighted by Gasteiger charge is -2.64. The molecule has 0 aliphatic heterocycles. The van der Waals surface area contributed by atoms with E-state index in [9.17, 15) is 24.5 Å². The van der Waals surface area contributed by atoms with Gasteiger partial charge >= 0.3 is 0 Å². The van der Waals surface area contributed by atoms with Crippen LogP contribution in [-0.4, -0.2) is 51.3 Å². The number of carbonyl (C=O) groups is 1. The average Bonchev–Trinajstić information content (AvgIpc) is 2.85. The van der Waals surface area contributed by atoms with Gasteiger partial charge in [0.05, 0.1) is 6.10 Å². The maximum absolute atomic E-state index is 15.4. The van der Waals surface area contributed by atoms with Crippen LogP contribution in [0.15, 0.2) is 12.2 Å². The molecule has 0 saturated heterocycles. The van der Waals surface area contributed by atoms with E-state index in [1.165, 1.54) is 0 Å². The normalized spacial score (nSPS) is 56.0. The number of hydrogen-bond acceptors (Lipinski definition) is 4. The van der Waals surface area contributed by atoms with Crippen molar-refractivity contribution in [2.45, 2.75) is 82.3 Å². The minimum atomic E-state index is -1.90. The Balaban J connectivity index is 1.74. The summed E-state index contributed by atoms with van der Waals surface area (Å²) in [5.41, 5.74) is -4.65. The van der Waals surface area contributed by atoms with E-state index >= 15 is 4.39 Å². The molecule has 0 aromatic carbocycles. The van der Waals surface area contributed by atoms with Crippen LogP contribution >= 0.6 is 0 Å². The fraction of sp³-hybridized carbons (Fsp3) is 0.864. The molecule has 4 nitrogen and oxygen atoms in total. The smallest absolute Gasteiger partial charge is 0.199 e. The molecule has 158 valence electrons. The predicted octanol–water partition coefficient (Wildman–Crippen LogP) is 2.89. The van der Waals surface area contributed by atoms with Gasteiger partial charge in [-0.05, 0) is 61.9 Å². The summed E-state index contributed by atoms with van der Waals surface area (Å²) in [7, 11) is 0. The molecular weight excluding hydrogens is 366 g/mol. The number of aliphatic hydroxyl groups excluding tert-OH is 1. The van der Waals surface area contributed by atoms with E-state index in [1.807, 2.05) is 13.8 Å². The highest BCUT2D eigenvalue weighted by Gasteiger charge is 2.71. The van der Waals surface area contributed by atoms with Crippen LogP contribution in [0.3, 0.4) is 0 Å². The van der Waals surface area contributed by atoms with Gasteiger partial charge < -0.3 is 15.3 Å². The quantitative estimate of drug-likeness (QED) is 0.625. The molecule has 0 aromatic rings. The summed E-state index contributed by atoms with van der Waals surface area (Å²) in [5.74, 6) is -1.11. The number of fused-ring (bicyclic) bond motifs is 5. The van der Waals surface area contributed by atoms with Crippen LogP contribution in [0.5, 0.6) is 0 Å². The molecule has 0 amide bonds.